The average molecular weight is 616 g/mol. The Morgan fingerprint density at radius 1 is 1.09 bits per heavy atom. The van der Waals surface area contributed by atoms with Gasteiger partial charge in [-0.1, -0.05) is 53.3 Å². The maximum absolute atomic E-state index is 14.9. The van der Waals surface area contributed by atoms with Crippen molar-refractivity contribution in [3.63, 3.8) is 0 Å². The Morgan fingerprint density at radius 2 is 1.84 bits per heavy atom. The summed E-state index contributed by atoms with van der Waals surface area (Å²) in [7, 11) is 1.23. The van der Waals surface area contributed by atoms with Crippen LogP contribution in [0.3, 0.4) is 0 Å². The van der Waals surface area contributed by atoms with Crippen LogP contribution in [0.15, 0.2) is 75.9 Å². The van der Waals surface area contributed by atoms with E-state index >= 15 is 0 Å². The third-order valence-corrected chi connectivity index (χ3v) is 9.05. The number of anilines is 2. The first kappa shape index (κ1) is 27.0. The van der Waals surface area contributed by atoms with Crippen molar-refractivity contribution in [2.75, 3.05) is 16.9 Å². The number of ether oxygens (including phenoxy) is 1. The van der Waals surface area contributed by atoms with Gasteiger partial charge in [-0.3, -0.25) is 19.3 Å². The fourth-order valence-electron chi connectivity index (χ4n) is 5.82. The van der Waals surface area contributed by atoms with Gasteiger partial charge in [0.05, 0.1) is 36.0 Å². The second kappa shape index (κ2) is 9.58. The van der Waals surface area contributed by atoms with Crippen LogP contribution in [0.5, 0.6) is 0 Å². The van der Waals surface area contributed by atoms with Crippen molar-refractivity contribution in [1.29, 1.82) is 0 Å². The molecule has 7 rings (SSSR count). The lowest BCUT2D eigenvalue weighted by atomic mass is 9.84. The number of benzene rings is 3. The van der Waals surface area contributed by atoms with Crippen LogP contribution in [0.2, 0.25) is 5.02 Å². The standard InChI is InChI=1S/C31H19ClFN3O6S/c1-15-26(28(39)41-2)43-30(34-15)36-27(38)25-23(24(37)19-13-17(32)9-12-22(19)42-25)31(36)20-5-3-4-6-21(20)35(29(31)40)14-16-7-10-18(33)11-8-16/h3-13H,14H2,1-2H3. The Balaban J connectivity index is 1.55. The van der Waals surface area contributed by atoms with Crippen LogP contribution in [-0.2, 0) is 21.6 Å². The van der Waals surface area contributed by atoms with Gasteiger partial charge in [0.1, 0.15) is 16.3 Å². The molecule has 2 aromatic heterocycles. The molecule has 3 aromatic carbocycles. The number of carbonyl (C=O) groups excluding carboxylic acids is 3. The van der Waals surface area contributed by atoms with Gasteiger partial charge in [0.2, 0.25) is 5.76 Å². The second-order valence-corrected chi connectivity index (χ2v) is 11.5. The van der Waals surface area contributed by atoms with Gasteiger partial charge in [-0.15, -0.1) is 0 Å². The molecule has 0 aliphatic carbocycles. The molecule has 0 N–H and O–H groups in total. The quantitative estimate of drug-likeness (QED) is 0.243. The summed E-state index contributed by atoms with van der Waals surface area (Å²) in [6.45, 7) is 1.60. The molecule has 5 aromatic rings. The first-order chi connectivity index (χ1) is 20.7. The van der Waals surface area contributed by atoms with Gasteiger partial charge >= 0.3 is 5.97 Å². The summed E-state index contributed by atoms with van der Waals surface area (Å²) < 4.78 is 24.6. The molecular formula is C31H19ClFN3O6S. The normalized spacial score (nSPS) is 17.2. The minimum atomic E-state index is -2.03. The van der Waals surface area contributed by atoms with Gasteiger partial charge in [-0.25, -0.2) is 14.2 Å². The molecule has 43 heavy (non-hydrogen) atoms. The van der Waals surface area contributed by atoms with Crippen molar-refractivity contribution in [2.24, 2.45) is 0 Å². The number of hydrogen-bond acceptors (Lipinski definition) is 8. The van der Waals surface area contributed by atoms with Gasteiger partial charge in [-0.2, -0.15) is 0 Å². The van der Waals surface area contributed by atoms with Crippen LogP contribution in [0.25, 0.3) is 11.0 Å². The number of halogens is 2. The van der Waals surface area contributed by atoms with Crippen molar-refractivity contribution in [1.82, 2.24) is 4.98 Å². The van der Waals surface area contributed by atoms with Crippen molar-refractivity contribution < 1.29 is 27.9 Å². The summed E-state index contributed by atoms with van der Waals surface area (Å²) in [5.74, 6) is -2.81. The van der Waals surface area contributed by atoms with Crippen LogP contribution in [0.4, 0.5) is 15.2 Å². The van der Waals surface area contributed by atoms with Crippen molar-refractivity contribution >= 4 is 62.5 Å². The van der Waals surface area contributed by atoms with E-state index in [9.17, 15) is 23.6 Å². The zero-order valence-electron chi connectivity index (χ0n) is 22.5. The smallest absolute Gasteiger partial charge is 0.350 e. The summed E-state index contributed by atoms with van der Waals surface area (Å²) in [4.78, 5) is 63.3. The summed E-state index contributed by atoms with van der Waals surface area (Å²) in [5, 5.41) is 0.361. The van der Waals surface area contributed by atoms with E-state index in [-0.39, 0.29) is 49.6 Å². The van der Waals surface area contributed by atoms with Gasteiger partial charge in [0.25, 0.3) is 11.8 Å². The summed E-state index contributed by atoms with van der Waals surface area (Å²) in [6, 6.07) is 16.9. The molecule has 0 saturated heterocycles. The number of amides is 2. The summed E-state index contributed by atoms with van der Waals surface area (Å²) in [5.41, 5.74) is -1.02. The number of aromatic nitrogens is 1. The molecule has 12 heteroatoms. The van der Waals surface area contributed by atoms with E-state index in [1.165, 1.54) is 42.3 Å². The van der Waals surface area contributed by atoms with E-state index in [1.807, 2.05) is 0 Å². The van der Waals surface area contributed by atoms with Crippen molar-refractivity contribution in [3.8, 4) is 0 Å². The predicted molar refractivity (Wildman–Crippen MR) is 157 cm³/mol. The fourth-order valence-corrected chi connectivity index (χ4v) is 7.03. The average Bonchev–Trinajstić information content (AvgIpc) is 3.59. The van der Waals surface area contributed by atoms with E-state index in [1.54, 1.807) is 43.3 Å². The van der Waals surface area contributed by atoms with Gasteiger partial charge in [0, 0.05) is 10.6 Å². The number of carbonyl (C=O) groups is 3. The number of para-hydroxylation sites is 1. The lowest BCUT2D eigenvalue weighted by Gasteiger charge is -2.32. The molecule has 4 heterocycles. The largest absolute Gasteiger partial charge is 0.465 e. The SMILES string of the molecule is COC(=O)c1sc(N2C(=O)c3oc4ccc(Cl)cc4c(=O)c3C23C(=O)N(Cc2ccc(F)cc2)c2ccccc23)nc1C. The minimum Gasteiger partial charge on any atom is -0.465 e. The molecule has 1 atom stereocenters. The third-order valence-electron chi connectivity index (χ3n) is 7.69. The number of rotatable bonds is 4. The molecule has 0 saturated carbocycles. The third kappa shape index (κ3) is 3.71. The molecule has 1 spiro atoms. The number of methoxy groups -OCH3 is 1. The van der Waals surface area contributed by atoms with Crippen molar-refractivity contribution in [2.45, 2.75) is 19.0 Å². The lowest BCUT2D eigenvalue weighted by Crippen LogP contribution is -2.53. The van der Waals surface area contributed by atoms with E-state index in [0.717, 1.165) is 16.2 Å². The molecule has 2 amide bonds. The van der Waals surface area contributed by atoms with Crippen LogP contribution < -0.4 is 15.2 Å². The van der Waals surface area contributed by atoms with Crippen molar-refractivity contribution in [3.05, 3.63) is 121 Å². The molecule has 214 valence electrons. The Bertz CT molecular complexity index is 2090. The van der Waals surface area contributed by atoms with Gasteiger partial charge in [0.15, 0.2) is 16.1 Å². The number of hydrogen-bond donors (Lipinski definition) is 0. The highest BCUT2D eigenvalue weighted by Crippen LogP contribution is 2.55. The highest BCUT2D eigenvalue weighted by molar-refractivity contribution is 7.17. The molecule has 2 aliphatic heterocycles. The van der Waals surface area contributed by atoms with Gasteiger partial charge < -0.3 is 14.1 Å². The number of thiazole rings is 1. The number of nitrogens with zero attached hydrogens (tertiary/aromatic N) is 3. The summed E-state index contributed by atoms with van der Waals surface area (Å²) >= 11 is 7.09. The Morgan fingerprint density at radius 3 is 2.58 bits per heavy atom. The molecule has 1 unspecified atom stereocenters. The Labute approximate surface area is 251 Å². The number of fused-ring (bicyclic) bond motifs is 5. The molecular weight excluding hydrogens is 597 g/mol. The second-order valence-electron chi connectivity index (χ2n) is 10.1. The van der Waals surface area contributed by atoms with Crippen LogP contribution in [-0.4, -0.2) is 29.9 Å². The first-order valence-corrected chi connectivity index (χ1v) is 14.2. The highest BCUT2D eigenvalue weighted by Gasteiger charge is 2.66. The zero-order valence-corrected chi connectivity index (χ0v) is 24.1. The maximum Gasteiger partial charge on any atom is 0.350 e. The lowest BCUT2D eigenvalue weighted by molar-refractivity contribution is -0.121. The predicted octanol–water partition coefficient (Wildman–Crippen LogP) is 5.59. The topological polar surface area (TPSA) is 110 Å². The van der Waals surface area contributed by atoms with Crippen LogP contribution >= 0.6 is 22.9 Å². The summed E-state index contributed by atoms with van der Waals surface area (Å²) in [6.07, 6.45) is 0. The van der Waals surface area contributed by atoms with E-state index in [0.29, 0.717) is 16.8 Å². The number of aryl methyl sites for hydroxylation is 1. The molecule has 9 nitrogen and oxygen atoms in total. The van der Waals surface area contributed by atoms with Gasteiger partial charge in [-0.05, 0) is 48.9 Å². The first-order valence-electron chi connectivity index (χ1n) is 13.0. The maximum atomic E-state index is 14.9. The Hall–Kier alpha value is -4.87. The van der Waals surface area contributed by atoms with E-state index < -0.39 is 34.6 Å². The molecule has 0 bridgehead atoms. The number of esters is 1. The zero-order chi connectivity index (χ0) is 30.2. The minimum absolute atomic E-state index is 0.00238. The van der Waals surface area contributed by atoms with E-state index in [4.69, 9.17) is 20.8 Å². The molecule has 0 fully saturated rings. The highest BCUT2D eigenvalue weighted by atomic mass is 35.5. The van der Waals surface area contributed by atoms with Crippen LogP contribution in [0.1, 0.15) is 42.6 Å². The Kier molecular flexibility index (Phi) is 6.01. The fraction of sp³-hybridized carbons (Fsp3) is 0.129. The monoisotopic (exact) mass is 615 g/mol. The van der Waals surface area contributed by atoms with Crippen LogP contribution in [0, 0.1) is 12.7 Å². The molecule has 0 radical (unpaired) electrons. The molecule has 2 aliphatic rings. The van der Waals surface area contributed by atoms with E-state index in [2.05, 4.69) is 4.98 Å².